The van der Waals surface area contributed by atoms with Crippen molar-refractivity contribution in [2.24, 2.45) is 0 Å². The summed E-state index contributed by atoms with van der Waals surface area (Å²) >= 11 is 0. The zero-order chi connectivity index (χ0) is 22.2. The molecule has 2 aromatic heterocycles. The molecule has 162 valence electrons. The number of H-pyrrole nitrogens is 1. The van der Waals surface area contributed by atoms with Crippen LogP contribution in [0, 0.1) is 0 Å². The highest BCUT2D eigenvalue weighted by atomic mass is 16.4. The van der Waals surface area contributed by atoms with Crippen LogP contribution < -0.4 is 10.6 Å². The lowest BCUT2D eigenvalue weighted by atomic mass is 9.90. The van der Waals surface area contributed by atoms with Crippen molar-refractivity contribution in [3.8, 4) is 11.1 Å². The number of rotatable bonds is 5. The van der Waals surface area contributed by atoms with Crippen molar-refractivity contribution in [3.63, 3.8) is 0 Å². The molecule has 0 saturated carbocycles. The molecule has 1 amide bonds. The smallest absolute Gasteiger partial charge is 0.321 e. The maximum Gasteiger partial charge on any atom is 0.321 e. The first-order valence-corrected chi connectivity index (χ1v) is 10.8. The number of aromatic nitrogens is 2. The lowest BCUT2D eigenvalue weighted by Gasteiger charge is -2.15. The Kier molecular flexibility index (Phi) is 5.11. The second-order valence-electron chi connectivity index (χ2n) is 8.16. The van der Waals surface area contributed by atoms with Crippen LogP contribution in [0.4, 0.5) is 5.69 Å². The summed E-state index contributed by atoms with van der Waals surface area (Å²) < 4.78 is 0. The van der Waals surface area contributed by atoms with Crippen LogP contribution in [0.1, 0.15) is 41.8 Å². The first kappa shape index (κ1) is 20.2. The van der Waals surface area contributed by atoms with Gasteiger partial charge in [-0.3, -0.25) is 14.6 Å². The maximum absolute atomic E-state index is 13.0. The van der Waals surface area contributed by atoms with Gasteiger partial charge in [-0.2, -0.15) is 0 Å². The lowest BCUT2D eigenvalue weighted by molar-refractivity contribution is -0.139. The van der Waals surface area contributed by atoms with Gasteiger partial charge >= 0.3 is 5.97 Å². The number of amides is 1. The Bertz CT molecular complexity index is 1230. The number of pyridine rings is 1. The molecular formula is C25H24N4O3. The number of carbonyl (C=O) groups excluding carboxylic acids is 1. The van der Waals surface area contributed by atoms with E-state index in [-0.39, 0.29) is 11.8 Å². The molecule has 2 aliphatic rings. The summed E-state index contributed by atoms with van der Waals surface area (Å²) in [6.07, 6.45) is 6.87. The van der Waals surface area contributed by atoms with Crippen molar-refractivity contribution >= 4 is 29.2 Å². The van der Waals surface area contributed by atoms with Gasteiger partial charge in [-0.1, -0.05) is 19.1 Å². The highest BCUT2D eigenvalue weighted by molar-refractivity contribution is 6.36. The highest BCUT2D eigenvalue weighted by Crippen LogP contribution is 2.41. The fourth-order valence-corrected chi connectivity index (χ4v) is 4.76. The number of hydrogen-bond donors (Lipinski definition) is 4. The Balaban J connectivity index is 1.65. The van der Waals surface area contributed by atoms with E-state index in [1.165, 1.54) is 0 Å². The van der Waals surface area contributed by atoms with E-state index in [0.717, 1.165) is 52.2 Å². The average molecular weight is 428 g/mol. The Morgan fingerprint density at radius 3 is 2.81 bits per heavy atom. The van der Waals surface area contributed by atoms with Gasteiger partial charge in [0.05, 0.1) is 5.57 Å². The van der Waals surface area contributed by atoms with Gasteiger partial charge in [0.15, 0.2) is 0 Å². The summed E-state index contributed by atoms with van der Waals surface area (Å²) in [6, 6.07) is 11.1. The van der Waals surface area contributed by atoms with Gasteiger partial charge in [0.25, 0.3) is 5.91 Å². The summed E-state index contributed by atoms with van der Waals surface area (Å²) in [6.45, 7) is 2.70. The van der Waals surface area contributed by atoms with Crippen LogP contribution in [0.15, 0.2) is 48.8 Å². The zero-order valence-corrected chi connectivity index (χ0v) is 17.7. The van der Waals surface area contributed by atoms with Crippen LogP contribution in [-0.2, 0) is 16.0 Å². The van der Waals surface area contributed by atoms with Crippen LogP contribution >= 0.6 is 0 Å². The Morgan fingerprint density at radius 2 is 2.06 bits per heavy atom. The average Bonchev–Trinajstić information content (AvgIpc) is 3.51. The fraction of sp³-hybridized carbons (Fsp3) is 0.240. The van der Waals surface area contributed by atoms with E-state index in [1.54, 1.807) is 12.4 Å². The van der Waals surface area contributed by atoms with Crippen molar-refractivity contribution in [2.45, 2.75) is 31.7 Å². The van der Waals surface area contributed by atoms with Gasteiger partial charge in [0.2, 0.25) is 0 Å². The number of aliphatic carboxylic acids is 1. The molecule has 4 N–H and O–H groups in total. The second-order valence-corrected chi connectivity index (χ2v) is 8.16. The largest absolute Gasteiger partial charge is 0.480 e. The standard InChI is InChI=1S/C25H24N4O3/c1-2-15-12-18(17-8-11-27-23(17)25(31)32)21(28-15)13-19-22-16(14-6-9-26-10-7-14)4-3-5-20(22)29-24(19)30/h3-7,9-10,12-13,17,23,27-28H,2,8,11H2,1H3,(H,29,30)(H,31,32)/t17?,23-/m0/s1. The van der Waals surface area contributed by atoms with Crippen LogP contribution in [0.5, 0.6) is 0 Å². The predicted octanol–water partition coefficient (Wildman–Crippen LogP) is 3.66. The summed E-state index contributed by atoms with van der Waals surface area (Å²) in [5.74, 6) is -1.18. The van der Waals surface area contributed by atoms with Gasteiger partial charge in [-0.05, 0) is 66.4 Å². The van der Waals surface area contributed by atoms with E-state index in [0.29, 0.717) is 12.1 Å². The fourth-order valence-electron chi connectivity index (χ4n) is 4.76. The molecule has 0 bridgehead atoms. The molecule has 0 radical (unpaired) electrons. The van der Waals surface area contributed by atoms with Gasteiger partial charge in [-0.15, -0.1) is 0 Å². The highest BCUT2D eigenvalue weighted by Gasteiger charge is 2.36. The molecule has 32 heavy (non-hydrogen) atoms. The molecule has 2 atom stereocenters. The summed E-state index contributed by atoms with van der Waals surface area (Å²) in [5.41, 5.74) is 6.86. The number of aromatic amines is 1. The minimum absolute atomic E-state index is 0.157. The number of fused-ring (bicyclic) bond motifs is 1. The van der Waals surface area contributed by atoms with E-state index in [4.69, 9.17) is 0 Å². The number of carbonyl (C=O) groups is 2. The molecule has 7 heteroatoms. The van der Waals surface area contributed by atoms with Crippen molar-refractivity contribution < 1.29 is 14.7 Å². The normalized spacial score (nSPS) is 21.0. The number of carboxylic acid groups (broad SMARTS) is 1. The molecule has 1 saturated heterocycles. The molecule has 1 fully saturated rings. The number of benzene rings is 1. The molecule has 0 spiro atoms. The molecule has 2 aliphatic heterocycles. The van der Waals surface area contributed by atoms with E-state index in [9.17, 15) is 14.7 Å². The van der Waals surface area contributed by atoms with Gasteiger partial charge in [0, 0.05) is 41.0 Å². The van der Waals surface area contributed by atoms with E-state index in [2.05, 4.69) is 20.6 Å². The topological polar surface area (TPSA) is 107 Å². The summed E-state index contributed by atoms with van der Waals surface area (Å²) in [5, 5.41) is 15.7. The van der Waals surface area contributed by atoms with Crippen molar-refractivity contribution in [1.82, 2.24) is 15.3 Å². The van der Waals surface area contributed by atoms with E-state index < -0.39 is 12.0 Å². The van der Waals surface area contributed by atoms with Gasteiger partial charge in [0.1, 0.15) is 6.04 Å². The Morgan fingerprint density at radius 1 is 1.25 bits per heavy atom. The number of hydrogen-bond acceptors (Lipinski definition) is 4. The minimum Gasteiger partial charge on any atom is -0.480 e. The molecular weight excluding hydrogens is 404 g/mol. The summed E-state index contributed by atoms with van der Waals surface area (Å²) in [7, 11) is 0. The molecule has 3 aromatic rings. The van der Waals surface area contributed by atoms with E-state index in [1.807, 2.05) is 49.4 Å². The van der Waals surface area contributed by atoms with Gasteiger partial charge < -0.3 is 20.7 Å². The Labute approximate surface area is 185 Å². The first-order valence-electron chi connectivity index (χ1n) is 10.8. The number of anilines is 1. The predicted molar refractivity (Wildman–Crippen MR) is 123 cm³/mol. The number of nitrogens with zero attached hydrogens (tertiary/aromatic N) is 1. The lowest BCUT2D eigenvalue weighted by Crippen LogP contribution is -2.34. The SMILES string of the molecule is CCc1cc(C2CCN[C@@H]2C(=O)O)c(C=C2C(=O)Nc3cccc(-c4ccncc4)c32)[nH]1. The zero-order valence-electron chi connectivity index (χ0n) is 17.7. The molecule has 0 aliphatic carbocycles. The third-order valence-electron chi connectivity index (χ3n) is 6.31. The third kappa shape index (κ3) is 3.40. The molecule has 7 nitrogen and oxygen atoms in total. The quantitative estimate of drug-likeness (QED) is 0.464. The van der Waals surface area contributed by atoms with Crippen LogP contribution in [-0.4, -0.2) is 39.5 Å². The van der Waals surface area contributed by atoms with Crippen molar-refractivity contribution in [2.75, 3.05) is 11.9 Å². The third-order valence-corrected chi connectivity index (χ3v) is 6.31. The number of aryl methyl sites for hydroxylation is 1. The van der Waals surface area contributed by atoms with Gasteiger partial charge in [-0.25, -0.2) is 0 Å². The summed E-state index contributed by atoms with van der Waals surface area (Å²) in [4.78, 5) is 32.3. The van der Waals surface area contributed by atoms with Crippen molar-refractivity contribution in [3.05, 3.63) is 71.3 Å². The van der Waals surface area contributed by atoms with Crippen LogP contribution in [0.25, 0.3) is 22.8 Å². The number of carboxylic acids is 1. The first-order chi connectivity index (χ1) is 15.6. The molecule has 1 unspecified atom stereocenters. The monoisotopic (exact) mass is 428 g/mol. The van der Waals surface area contributed by atoms with Crippen LogP contribution in [0.3, 0.4) is 0 Å². The number of nitrogens with one attached hydrogen (secondary N) is 3. The molecule has 4 heterocycles. The maximum atomic E-state index is 13.0. The molecule has 5 rings (SSSR count). The van der Waals surface area contributed by atoms with Crippen molar-refractivity contribution in [1.29, 1.82) is 0 Å². The second kappa shape index (κ2) is 8.09. The minimum atomic E-state index is -0.853. The van der Waals surface area contributed by atoms with Crippen LogP contribution in [0.2, 0.25) is 0 Å². The Hall–Kier alpha value is -3.71. The van der Waals surface area contributed by atoms with E-state index >= 15 is 0 Å². The molecule has 1 aromatic carbocycles.